The minimum Gasteiger partial charge on any atom is -0.381 e. The van der Waals surface area contributed by atoms with Crippen molar-refractivity contribution >= 4 is 7.60 Å². The topological polar surface area (TPSA) is 66.8 Å². The summed E-state index contributed by atoms with van der Waals surface area (Å²) >= 11 is 0. The summed E-state index contributed by atoms with van der Waals surface area (Å²) in [7, 11) is -2.61. The minimum absolute atomic E-state index is 1.08. The predicted octanol–water partition coefficient (Wildman–Crippen LogP) is 0.156. The summed E-state index contributed by atoms with van der Waals surface area (Å²) in [5, 5.41) is 8.44. The summed E-state index contributed by atoms with van der Waals surface area (Å²) in [5.74, 6) is -1.30. The molecule has 0 aromatic rings. The van der Waals surface area contributed by atoms with Gasteiger partial charge in [0, 0.05) is 7.11 Å². The molecule has 0 radical (unpaired) electrons. The van der Waals surface area contributed by atoms with Crippen molar-refractivity contribution in [1.29, 1.82) is 0 Å². The molecule has 0 rings (SSSR count). The van der Waals surface area contributed by atoms with E-state index in [-0.39, 0.29) is 0 Å². The lowest BCUT2D eigenvalue weighted by Gasteiger charge is -2.09. The van der Waals surface area contributed by atoms with Crippen LogP contribution in [0, 0.1) is 0 Å². The zero-order valence-corrected chi connectivity index (χ0v) is 5.63. The number of aliphatic hydroxyl groups is 1. The van der Waals surface area contributed by atoms with Crippen LogP contribution in [-0.2, 0) is 9.09 Å². The van der Waals surface area contributed by atoms with Crippen LogP contribution in [0.3, 0.4) is 0 Å². The highest BCUT2D eigenvalue weighted by atomic mass is 31.2. The van der Waals surface area contributed by atoms with Crippen LogP contribution >= 0.6 is 7.60 Å². The average molecular weight is 140 g/mol. The van der Waals surface area contributed by atoms with E-state index in [1.54, 1.807) is 0 Å². The lowest BCUT2D eigenvalue weighted by atomic mass is 10.9. The fourth-order valence-corrected chi connectivity index (χ4v) is 0.458. The van der Waals surface area contributed by atoms with Gasteiger partial charge in [0.1, 0.15) is 0 Å². The molecule has 0 aliphatic rings. The van der Waals surface area contributed by atoms with E-state index in [9.17, 15) is 4.57 Å². The monoisotopic (exact) mass is 140 g/mol. The Morgan fingerprint density at radius 2 is 2.12 bits per heavy atom. The molecule has 0 bridgehead atoms. The van der Waals surface area contributed by atoms with Gasteiger partial charge in [-0.3, -0.25) is 4.57 Å². The van der Waals surface area contributed by atoms with Crippen LogP contribution in [0.5, 0.6) is 0 Å². The Morgan fingerprint density at radius 1 is 1.75 bits per heavy atom. The Bertz CT molecular complexity index is 110. The summed E-state index contributed by atoms with van der Waals surface area (Å²) in [6.07, 6.45) is 0. The third kappa shape index (κ3) is 1.92. The Kier molecular flexibility index (Phi) is 2.63. The van der Waals surface area contributed by atoms with Crippen molar-refractivity contribution in [2.24, 2.45) is 0 Å². The second-order valence-corrected chi connectivity index (χ2v) is 3.62. The molecule has 0 aromatic carbocycles. The maximum atomic E-state index is 10.4. The number of hydrogen-bond acceptors (Lipinski definition) is 3. The van der Waals surface area contributed by atoms with Crippen molar-refractivity contribution < 1.29 is 19.1 Å². The molecule has 2 atom stereocenters. The van der Waals surface area contributed by atoms with Crippen molar-refractivity contribution in [2.75, 3.05) is 7.11 Å². The Morgan fingerprint density at radius 3 is 2.12 bits per heavy atom. The van der Waals surface area contributed by atoms with Crippen molar-refractivity contribution in [3.8, 4) is 0 Å². The Balaban J connectivity index is 3.93. The molecule has 0 saturated heterocycles. The zero-order valence-electron chi connectivity index (χ0n) is 4.74. The molecule has 8 heavy (non-hydrogen) atoms. The van der Waals surface area contributed by atoms with Crippen molar-refractivity contribution in [2.45, 2.75) is 12.8 Å². The molecule has 0 amide bonds. The van der Waals surface area contributed by atoms with Crippen LogP contribution in [-0.4, -0.2) is 23.0 Å². The van der Waals surface area contributed by atoms with Gasteiger partial charge in [0.25, 0.3) is 0 Å². The molecule has 0 saturated carbocycles. The lowest BCUT2D eigenvalue weighted by molar-refractivity contribution is 0.202. The molecule has 2 N–H and O–H groups in total. The molecular formula is C3H9O4P. The Labute approximate surface area is 47.6 Å². The van der Waals surface area contributed by atoms with Gasteiger partial charge in [0.15, 0.2) is 5.85 Å². The maximum absolute atomic E-state index is 10.4. The fraction of sp³-hybridized carbons (Fsp3) is 1.00. The van der Waals surface area contributed by atoms with Crippen LogP contribution in [0.15, 0.2) is 0 Å². The third-order valence-electron chi connectivity index (χ3n) is 0.734. The Hall–Kier alpha value is 0.110. The summed E-state index contributed by atoms with van der Waals surface area (Å²) in [6.45, 7) is 1.20. The summed E-state index contributed by atoms with van der Waals surface area (Å²) < 4.78 is 14.4. The third-order valence-corrected chi connectivity index (χ3v) is 2.20. The first-order chi connectivity index (χ1) is 3.50. The maximum Gasteiger partial charge on any atom is 0.355 e. The van der Waals surface area contributed by atoms with E-state index in [4.69, 9.17) is 10.00 Å². The van der Waals surface area contributed by atoms with Crippen LogP contribution in [0.2, 0.25) is 0 Å². The van der Waals surface area contributed by atoms with E-state index in [1.807, 2.05) is 0 Å². The highest BCUT2D eigenvalue weighted by Gasteiger charge is 2.23. The number of aliphatic hydroxyl groups excluding tert-OH is 1. The molecule has 0 heterocycles. The van der Waals surface area contributed by atoms with E-state index in [1.165, 1.54) is 6.92 Å². The van der Waals surface area contributed by atoms with Gasteiger partial charge in [-0.2, -0.15) is 0 Å². The summed E-state index contributed by atoms with van der Waals surface area (Å²) in [4.78, 5) is 8.48. The fourth-order valence-electron chi connectivity index (χ4n) is 0.153. The van der Waals surface area contributed by atoms with Crippen LogP contribution in [0.25, 0.3) is 0 Å². The van der Waals surface area contributed by atoms with Gasteiger partial charge in [-0.15, -0.1) is 0 Å². The normalized spacial score (nSPS) is 22.0. The molecule has 0 fully saturated rings. The van der Waals surface area contributed by atoms with Gasteiger partial charge in [-0.25, -0.2) is 0 Å². The zero-order chi connectivity index (χ0) is 6.78. The molecule has 50 valence electrons. The second-order valence-electron chi connectivity index (χ2n) is 1.38. The highest BCUT2D eigenvalue weighted by molar-refractivity contribution is 7.53. The highest BCUT2D eigenvalue weighted by Crippen LogP contribution is 2.44. The standard InChI is InChI=1S/C3H9O4P/c1-3(4)8(5,6)7-2/h3-4H,1-2H3,(H,5,6). The first kappa shape index (κ1) is 8.11. The second kappa shape index (κ2) is 2.60. The first-order valence-electron chi connectivity index (χ1n) is 2.07. The van der Waals surface area contributed by atoms with E-state index < -0.39 is 13.4 Å². The van der Waals surface area contributed by atoms with Crippen molar-refractivity contribution in [3.05, 3.63) is 0 Å². The van der Waals surface area contributed by atoms with Gasteiger partial charge >= 0.3 is 7.60 Å². The van der Waals surface area contributed by atoms with Gasteiger partial charge < -0.3 is 14.5 Å². The molecule has 5 heteroatoms. The molecule has 0 aliphatic heterocycles. The number of hydrogen-bond donors (Lipinski definition) is 2. The molecule has 0 aliphatic carbocycles. The molecule has 0 aromatic heterocycles. The van der Waals surface area contributed by atoms with Gasteiger partial charge in [0.2, 0.25) is 0 Å². The molecular weight excluding hydrogens is 131 g/mol. The quantitative estimate of drug-likeness (QED) is 0.536. The smallest absolute Gasteiger partial charge is 0.355 e. The SMILES string of the molecule is COP(=O)(O)C(C)O. The summed E-state index contributed by atoms with van der Waals surface area (Å²) in [6, 6.07) is 0. The van der Waals surface area contributed by atoms with Crippen molar-refractivity contribution in [3.63, 3.8) is 0 Å². The van der Waals surface area contributed by atoms with Crippen LogP contribution in [0.4, 0.5) is 0 Å². The van der Waals surface area contributed by atoms with E-state index in [2.05, 4.69) is 4.52 Å². The molecule has 0 spiro atoms. The van der Waals surface area contributed by atoms with E-state index in [0.717, 1.165) is 7.11 Å². The molecule has 4 nitrogen and oxygen atoms in total. The van der Waals surface area contributed by atoms with Gasteiger partial charge in [-0.05, 0) is 6.92 Å². The summed E-state index contributed by atoms with van der Waals surface area (Å²) in [5.41, 5.74) is 0. The van der Waals surface area contributed by atoms with Crippen LogP contribution in [0.1, 0.15) is 6.92 Å². The predicted molar refractivity (Wildman–Crippen MR) is 28.5 cm³/mol. The number of rotatable bonds is 2. The van der Waals surface area contributed by atoms with E-state index >= 15 is 0 Å². The molecule has 2 unspecified atom stereocenters. The van der Waals surface area contributed by atoms with Crippen LogP contribution < -0.4 is 0 Å². The van der Waals surface area contributed by atoms with Gasteiger partial charge in [0.05, 0.1) is 0 Å². The van der Waals surface area contributed by atoms with Gasteiger partial charge in [-0.1, -0.05) is 0 Å². The van der Waals surface area contributed by atoms with E-state index in [0.29, 0.717) is 0 Å². The average Bonchev–Trinajstić information content (AvgIpc) is 1.67. The first-order valence-corrected chi connectivity index (χ1v) is 3.71. The lowest BCUT2D eigenvalue weighted by Crippen LogP contribution is -2.01. The minimum atomic E-state index is -3.69. The largest absolute Gasteiger partial charge is 0.381 e. The van der Waals surface area contributed by atoms with Crippen molar-refractivity contribution in [1.82, 2.24) is 0 Å².